The second kappa shape index (κ2) is 3.91. The molecule has 1 saturated heterocycles. The van der Waals surface area contributed by atoms with Crippen LogP contribution in [-0.2, 0) is 4.74 Å². The van der Waals surface area contributed by atoms with Crippen LogP contribution < -0.4 is 5.73 Å². The van der Waals surface area contributed by atoms with Crippen molar-refractivity contribution in [1.29, 1.82) is 0 Å². The van der Waals surface area contributed by atoms with Gasteiger partial charge >= 0.3 is 0 Å². The zero-order chi connectivity index (χ0) is 7.40. The van der Waals surface area contributed by atoms with Gasteiger partial charge in [0.1, 0.15) is 0 Å². The molecule has 0 spiro atoms. The summed E-state index contributed by atoms with van der Waals surface area (Å²) in [5.41, 5.74) is 5.62. The summed E-state index contributed by atoms with van der Waals surface area (Å²) >= 11 is 0. The third kappa shape index (κ3) is 2.25. The van der Waals surface area contributed by atoms with Gasteiger partial charge in [-0.15, -0.1) is 0 Å². The maximum absolute atomic E-state index is 9.23. The maximum Gasteiger partial charge on any atom is 0.0924 e. The number of aliphatic hydroxyl groups is 1. The van der Waals surface area contributed by atoms with Gasteiger partial charge in [-0.05, 0) is 19.3 Å². The van der Waals surface area contributed by atoms with E-state index in [-0.39, 0.29) is 6.04 Å². The summed E-state index contributed by atoms with van der Waals surface area (Å²) in [5, 5.41) is 9.23. The number of nitrogens with two attached hydrogens (primary N) is 1. The zero-order valence-corrected chi connectivity index (χ0v) is 6.12. The highest BCUT2D eigenvalue weighted by atomic mass is 16.5. The molecule has 3 N–H and O–H groups in total. The standard InChI is InChI=1S/C7H15NO2/c8-6-3-1-2-4-10-5-7(6)9/h6-7,9H,1-5,8H2/t6?,7-/m1/s1. The first-order chi connectivity index (χ1) is 4.80. The lowest BCUT2D eigenvalue weighted by atomic mass is 10.0. The quantitative estimate of drug-likeness (QED) is 0.499. The molecule has 1 aliphatic heterocycles. The predicted molar refractivity (Wildman–Crippen MR) is 38.7 cm³/mol. The third-order valence-corrected chi connectivity index (χ3v) is 1.86. The molecule has 1 unspecified atom stereocenters. The van der Waals surface area contributed by atoms with Crippen LogP contribution in [0.1, 0.15) is 19.3 Å². The highest BCUT2D eigenvalue weighted by molar-refractivity contribution is 4.72. The number of ether oxygens (including phenoxy) is 1. The first-order valence-electron chi connectivity index (χ1n) is 3.82. The second-order valence-corrected chi connectivity index (χ2v) is 2.80. The van der Waals surface area contributed by atoms with E-state index in [1.165, 1.54) is 0 Å². The van der Waals surface area contributed by atoms with E-state index in [2.05, 4.69) is 0 Å². The lowest BCUT2D eigenvalue weighted by Crippen LogP contribution is -2.39. The van der Waals surface area contributed by atoms with Crippen LogP contribution in [0.25, 0.3) is 0 Å². The Bertz CT molecular complexity index is 85.6. The molecular weight excluding hydrogens is 130 g/mol. The molecule has 0 aliphatic carbocycles. The molecule has 10 heavy (non-hydrogen) atoms. The van der Waals surface area contributed by atoms with Crippen molar-refractivity contribution in [1.82, 2.24) is 0 Å². The average Bonchev–Trinajstić information content (AvgIpc) is 1.92. The van der Waals surface area contributed by atoms with Gasteiger partial charge in [0.2, 0.25) is 0 Å². The molecule has 1 aliphatic rings. The van der Waals surface area contributed by atoms with Gasteiger partial charge in [0, 0.05) is 12.6 Å². The van der Waals surface area contributed by atoms with Crippen molar-refractivity contribution in [3.05, 3.63) is 0 Å². The monoisotopic (exact) mass is 145 g/mol. The molecule has 3 heteroatoms. The first-order valence-corrected chi connectivity index (χ1v) is 3.82. The Labute approximate surface area is 61.2 Å². The van der Waals surface area contributed by atoms with E-state index < -0.39 is 6.10 Å². The van der Waals surface area contributed by atoms with Gasteiger partial charge in [0.25, 0.3) is 0 Å². The Hall–Kier alpha value is -0.120. The van der Waals surface area contributed by atoms with Gasteiger partial charge in [0.15, 0.2) is 0 Å². The Morgan fingerprint density at radius 1 is 1.40 bits per heavy atom. The molecule has 1 rings (SSSR count). The summed E-state index contributed by atoms with van der Waals surface area (Å²) < 4.78 is 5.13. The number of hydrogen-bond acceptors (Lipinski definition) is 3. The molecule has 0 amide bonds. The van der Waals surface area contributed by atoms with Crippen LogP contribution in [0.2, 0.25) is 0 Å². The molecule has 1 heterocycles. The van der Waals surface area contributed by atoms with Gasteiger partial charge in [-0.25, -0.2) is 0 Å². The van der Waals surface area contributed by atoms with E-state index >= 15 is 0 Å². The van der Waals surface area contributed by atoms with E-state index in [1.54, 1.807) is 0 Å². The van der Waals surface area contributed by atoms with Crippen molar-refractivity contribution in [2.45, 2.75) is 31.4 Å². The predicted octanol–water partition coefficient (Wildman–Crippen LogP) is -0.125. The molecule has 0 aromatic heterocycles. The average molecular weight is 145 g/mol. The number of hydrogen-bond donors (Lipinski definition) is 2. The van der Waals surface area contributed by atoms with Crippen LogP contribution in [0, 0.1) is 0 Å². The van der Waals surface area contributed by atoms with E-state index in [0.717, 1.165) is 25.9 Å². The molecule has 0 bridgehead atoms. The van der Waals surface area contributed by atoms with Gasteiger partial charge in [-0.2, -0.15) is 0 Å². The Balaban J connectivity index is 2.28. The molecular formula is C7H15NO2. The number of aliphatic hydroxyl groups excluding tert-OH is 1. The van der Waals surface area contributed by atoms with Crippen molar-refractivity contribution < 1.29 is 9.84 Å². The van der Waals surface area contributed by atoms with Gasteiger partial charge in [-0.3, -0.25) is 0 Å². The zero-order valence-electron chi connectivity index (χ0n) is 6.12. The maximum atomic E-state index is 9.23. The molecule has 0 aromatic rings. The van der Waals surface area contributed by atoms with Crippen LogP contribution in [-0.4, -0.2) is 30.5 Å². The van der Waals surface area contributed by atoms with Crippen molar-refractivity contribution >= 4 is 0 Å². The van der Waals surface area contributed by atoms with Crippen molar-refractivity contribution in [3.63, 3.8) is 0 Å². The fourth-order valence-corrected chi connectivity index (χ4v) is 1.10. The van der Waals surface area contributed by atoms with E-state index in [1.807, 2.05) is 0 Å². The van der Waals surface area contributed by atoms with Crippen molar-refractivity contribution in [2.75, 3.05) is 13.2 Å². The molecule has 60 valence electrons. The fourth-order valence-electron chi connectivity index (χ4n) is 1.10. The second-order valence-electron chi connectivity index (χ2n) is 2.80. The fraction of sp³-hybridized carbons (Fsp3) is 1.00. The van der Waals surface area contributed by atoms with Crippen LogP contribution in [0.15, 0.2) is 0 Å². The highest BCUT2D eigenvalue weighted by Crippen LogP contribution is 2.07. The minimum Gasteiger partial charge on any atom is -0.389 e. The van der Waals surface area contributed by atoms with Crippen molar-refractivity contribution in [3.8, 4) is 0 Å². The van der Waals surface area contributed by atoms with Crippen LogP contribution in [0.3, 0.4) is 0 Å². The summed E-state index contributed by atoms with van der Waals surface area (Å²) in [6.45, 7) is 1.17. The smallest absolute Gasteiger partial charge is 0.0924 e. The molecule has 1 fully saturated rings. The summed E-state index contributed by atoms with van der Waals surface area (Å²) in [4.78, 5) is 0. The van der Waals surface area contributed by atoms with Crippen molar-refractivity contribution in [2.24, 2.45) is 5.73 Å². The van der Waals surface area contributed by atoms with Gasteiger partial charge in [-0.1, -0.05) is 0 Å². The minimum absolute atomic E-state index is 0.0831. The third-order valence-electron chi connectivity index (χ3n) is 1.86. The lowest BCUT2D eigenvalue weighted by Gasteiger charge is -2.21. The molecule has 3 nitrogen and oxygen atoms in total. The summed E-state index contributed by atoms with van der Waals surface area (Å²) in [6, 6.07) is -0.0831. The molecule has 2 atom stereocenters. The summed E-state index contributed by atoms with van der Waals surface area (Å²) in [7, 11) is 0. The SMILES string of the molecule is NC1CCCCOC[C@H]1O. The van der Waals surface area contributed by atoms with Crippen LogP contribution >= 0.6 is 0 Å². The Morgan fingerprint density at radius 2 is 2.20 bits per heavy atom. The van der Waals surface area contributed by atoms with E-state index in [4.69, 9.17) is 10.5 Å². The Morgan fingerprint density at radius 3 is 3.00 bits per heavy atom. The first kappa shape index (κ1) is 7.98. The Kier molecular flexibility index (Phi) is 3.12. The lowest BCUT2D eigenvalue weighted by molar-refractivity contribution is 0.00988. The highest BCUT2D eigenvalue weighted by Gasteiger charge is 2.16. The largest absolute Gasteiger partial charge is 0.389 e. The van der Waals surface area contributed by atoms with Crippen LogP contribution in [0.4, 0.5) is 0 Å². The van der Waals surface area contributed by atoms with Crippen LogP contribution in [0.5, 0.6) is 0 Å². The normalized spacial score (nSPS) is 36.6. The topological polar surface area (TPSA) is 55.5 Å². The minimum atomic E-state index is -0.458. The van der Waals surface area contributed by atoms with E-state index in [9.17, 15) is 5.11 Å². The summed E-state index contributed by atoms with van der Waals surface area (Å²) in [5.74, 6) is 0. The molecule has 0 aromatic carbocycles. The van der Waals surface area contributed by atoms with Gasteiger partial charge in [0.05, 0.1) is 12.7 Å². The number of rotatable bonds is 0. The molecule has 0 saturated carbocycles. The summed E-state index contributed by atoms with van der Waals surface area (Å²) in [6.07, 6.45) is 2.60. The van der Waals surface area contributed by atoms with E-state index in [0.29, 0.717) is 6.61 Å². The molecule has 0 radical (unpaired) electrons. The van der Waals surface area contributed by atoms with Gasteiger partial charge < -0.3 is 15.6 Å².